The third kappa shape index (κ3) is 4.57. The number of aliphatic carboxylic acids is 1. The molecule has 0 amide bonds. The monoisotopic (exact) mass is 536 g/mol. The fourth-order valence-corrected chi connectivity index (χ4v) is 5.98. The van der Waals surface area contributed by atoms with Crippen LogP contribution in [-0.2, 0) is 16.0 Å². The number of carbonyl (C=O) groups excluding carboxylic acids is 1. The highest BCUT2D eigenvalue weighted by Gasteiger charge is 2.66. The number of epoxide rings is 1. The fraction of sp³-hybridized carbons (Fsp3) is 0.310. The van der Waals surface area contributed by atoms with Crippen LogP contribution in [0.4, 0.5) is 0 Å². The van der Waals surface area contributed by atoms with Gasteiger partial charge in [-0.05, 0) is 55.2 Å². The molecule has 7 N–H and O–H groups in total. The number of carboxylic acids is 1. The second-order valence-electron chi connectivity index (χ2n) is 10.4. The predicted octanol–water partition coefficient (Wildman–Crippen LogP) is 3.87. The summed E-state index contributed by atoms with van der Waals surface area (Å²) in [4.78, 5) is 25.8. The van der Waals surface area contributed by atoms with Crippen molar-refractivity contribution >= 4 is 11.8 Å². The van der Waals surface area contributed by atoms with E-state index in [4.69, 9.17) is 4.74 Å². The van der Waals surface area contributed by atoms with Gasteiger partial charge >= 0.3 is 5.97 Å². The zero-order valence-corrected chi connectivity index (χ0v) is 20.9. The zero-order valence-electron chi connectivity index (χ0n) is 20.9. The molecule has 5 atom stereocenters. The molecule has 0 aromatic heterocycles. The van der Waals surface area contributed by atoms with Gasteiger partial charge in [-0.25, -0.2) is 0 Å². The van der Waals surface area contributed by atoms with E-state index in [1.165, 1.54) is 36.4 Å². The van der Waals surface area contributed by atoms with Gasteiger partial charge in [0, 0.05) is 36.0 Å². The summed E-state index contributed by atoms with van der Waals surface area (Å²) in [7, 11) is 0. The van der Waals surface area contributed by atoms with Gasteiger partial charge in [-0.2, -0.15) is 0 Å². The lowest BCUT2D eigenvalue weighted by atomic mass is 9.63. The number of benzene rings is 3. The van der Waals surface area contributed by atoms with Gasteiger partial charge in [0.1, 0.15) is 34.5 Å². The van der Waals surface area contributed by atoms with Crippen molar-refractivity contribution in [2.24, 2.45) is 5.92 Å². The SMILES string of the molecule is CC12CC(c3ccc(O)cc3O)C(C(=O)O)C(c3c(O)ccc(C(=O)CCc4ccc(O)cc4O)c3O)C1O2. The normalized spacial score (nSPS) is 25.6. The number of ketones is 1. The van der Waals surface area contributed by atoms with Crippen molar-refractivity contribution in [2.45, 2.75) is 49.7 Å². The smallest absolute Gasteiger partial charge is 0.307 e. The number of carbonyl (C=O) groups is 2. The predicted molar refractivity (Wildman–Crippen MR) is 136 cm³/mol. The summed E-state index contributed by atoms with van der Waals surface area (Å²) in [5.74, 6) is -6.60. The maximum Gasteiger partial charge on any atom is 0.307 e. The Balaban J connectivity index is 1.52. The molecular weight excluding hydrogens is 508 g/mol. The van der Waals surface area contributed by atoms with Crippen molar-refractivity contribution in [1.29, 1.82) is 0 Å². The minimum absolute atomic E-state index is 0.105. The molecule has 5 unspecified atom stereocenters. The minimum Gasteiger partial charge on any atom is -0.508 e. The van der Waals surface area contributed by atoms with E-state index in [-0.39, 0.29) is 59.0 Å². The van der Waals surface area contributed by atoms with Crippen molar-refractivity contribution in [3.05, 3.63) is 70.8 Å². The second kappa shape index (κ2) is 9.39. The van der Waals surface area contributed by atoms with Crippen LogP contribution in [0, 0.1) is 5.92 Å². The quantitative estimate of drug-likeness (QED) is 0.172. The molecule has 1 aliphatic carbocycles. The van der Waals surface area contributed by atoms with Crippen molar-refractivity contribution in [3.8, 4) is 34.5 Å². The maximum atomic E-state index is 13.1. The number of phenols is 6. The van der Waals surface area contributed by atoms with Crippen molar-refractivity contribution < 1.29 is 50.1 Å². The van der Waals surface area contributed by atoms with Crippen LogP contribution in [0.25, 0.3) is 0 Å². The molecule has 1 saturated heterocycles. The number of fused-ring (bicyclic) bond motifs is 1. The van der Waals surface area contributed by atoms with E-state index in [1.54, 1.807) is 6.92 Å². The fourth-order valence-electron chi connectivity index (χ4n) is 5.98. The van der Waals surface area contributed by atoms with Crippen LogP contribution in [0.15, 0.2) is 48.5 Å². The Morgan fingerprint density at radius 2 is 1.56 bits per heavy atom. The largest absolute Gasteiger partial charge is 0.508 e. The third-order valence-corrected chi connectivity index (χ3v) is 7.93. The van der Waals surface area contributed by atoms with Gasteiger partial charge in [-0.3, -0.25) is 9.59 Å². The number of ether oxygens (including phenoxy) is 1. The number of hydrogen-bond donors (Lipinski definition) is 7. The van der Waals surface area contributed by atoms with Gasteiger partial charge in [-0.15, -0.1) is 0 Å². The van der Waals surface area contributed by atoms with Crippen molar-refractivity contribution in [1.82, 2.24) is 0 Å². The molecule has 39 heavy (non-hydrogen) atoms. The highest BCUT2D eigenvalue weighted by molar-refractivity contribution is 5.99. The molecule has 1 aliphatic heterocycles. The Morgan fingerprint density at radius 1 is 0.897 bits per heavy atom. The van der Waals surface area contributed by atoms with Gasteiger partial charge in [0.05, 0.1) is 23.2 Å². The Kier molecular flexibility index (Phi) is 6.30. The number of Topliss-reactive ketones (excluding diaryl/α,β-unsaturated/α-hetero) is 1. The Hall–Kier alpha value is -4.44. The van der Waals surface area contributed by atoms with Crippen LogP contribution in [0.2, 0.25) is 0 Å². The maximum absolute atomic E-state index is 13.1. The van der Waals surface area contributed by atoms with Crippen LogP contribution in [0.3, 0.4) is 0 Å². The first kappa shape index (κ1) is 26.2. The molecule has 3 aromatic rings. The first-order valence-electron chi connectivity index (χ1n) is 12.4. The topological polar surface area (TPSA) is 188 Å². The standard InChI is InChI=1S/C29H28O10/c1-29-12-18(16-6-5-15(31)11-22(16)35)23(28(37)38)25(27(29)39-29)24-20(33)9-7-17(26(24)36)19(32)8-3-13-2-4-14(30)10-21(13)34/h2,4-7,9-11,18,23,25,27,30-31,33-36H,3,8,12H2,1H3,(H,37,38). The molecule has 0 radical (unpaired) electrons. The number of aryl methyl sites for hydroxylation is 1. The molecule has 0 spiro atoms. The van der Waals surface area contributed by atoms with Crippen LogP contribution in [0.1, 0.15) is 58.6 Å². The van der Waals surface area contributed by atoms with E-state index in [1.807, 2.05) is 0 Å². The highest BCUT2D eigenvalue weighted by Crippen LogP contribution is 2.63. The summed E-state index contributed by atoms with van der Waals surface area (Å²) >= 11 is 0. The molecular formula is C29H28O10. The van der Waals surface area contributed by atoms with Crippen molar-refractivity contribution in [3.63, 3.8) is 0 Å². The van der Waals surface area contributed by atoms with E-state index in [0.717, 1.165) is 12.1 Å². The van der Waals surface area contributed by atoms with E-state index >= 15 is 0 Å². The van der Waals surface area contributed by atoms with Crippen molar-refractivity contribution in [2.75, 3.05) is 0 Å². The molecule has 3 aromatic carbocycles. The average Bonchev–Trinajstić information content (AvgIpc) is 3.54. The van der Waals surface area contributed by atoms with Crippen LogP contribution < -0.4 is 0 Å². The summed E-state index contributed by atoms with van der Waals surface area (Å²) in [5.41, 5.74) is -0.364. The van der Waals surface area contributed by atoms with Crippen LogP contribution in [-0.4, -0.2) is 59.2 Å². The molecule has 204 valence electrons. The van der Waals surface area contributed by atoms with Gasteiger partial charge in [-0.1, -0.05) is 12.1 Å². The third-order valence-electron chi connectivity index (χ3n) is 7.93. The first-order chi connectivity index (χ1) is 18.4. The lowest BCUT2D eigenvalue weighted by Gasteiger charge is -2.37. The lowest BCUT2D eigenvalue weighted by molar-refractivity contribution is -0.144. The number of phenolic OH excluding ortho intramolecular Hbond substituents is 6. The Bertz CT molecular complexity index is 1480. The molecule has 10 nitrogen and oxygen atoms in total. The summed E-state index contributed by atoms with van der Waals surface area (Å²) in [6.45, 7) is 1.78. The molecule has 5 rings (SSSR count). The summed E-state index contributed by atoms with van der Waals surface area (Å²) in [6, 6.07) is 10.4. The van der Waals surface area contributed by atoms with E-state index < -0.39 is 52.7 Å². The average molecular weight is 537 g/mol. The van der Waals surface area contributed by atoms with Gasteiger partial charge < -0.3 is 40.5 Å². The van der Waals surface area contributed by atoms with E-state index in [0.29, 0.717) is 5.56 Å². The Labute approximate surface area is 223 Å². The Morgan fingerprint density at radius 3 is 2.21 bits per heavy atom. The van der Waals surface area contributed by atoms with Gasteiger partial charge in [0.15, 0.2) is 5.78 Å². The van der Waals surface area contributed by atoms with Crippen LogP contribution in [0.5, 0.6) is 34.5 Å². The molecule has 10 heteroatoms. The van der Waals surface area contributed by atoms with E-state index in [9.17, 15) is 45.3 Å². The molecule has 2 aliphatic rings. The molecule has 1 heterocycles. The van der Waals surface area contributed by atoms with E-state index in [2.05, 4.69) is 0 Å². The lowest BCUT2D eigenvalue weighted by Crippen LogP contribution is -2.40. The molecule has 0 bridgehead atoms. The zero-order chi connectivity index (χ0) is 28.2. The summed E-state index contributed by atoms with van der Waals surface area (Å²) in [6.07, 6.45) is -0.455. The molecule has 2 fully saturated rings. The van der Waals surface area contributed by atoms with Gasteiger partial charge in [0.2, 0.25) is 0 Å². The van der Waals surface area contributed by atoms with Gasteiger partial charge in [0.25, 0.3) is 0 Å². The number of carboxylic acid groups (broad SMARTS) is 1. The summed E-state index contributed by atoms with van der Waals surface area (Å²) < 4.78 is 5.92. The second-order valence-corrected chi connectivity index (χ2v) is 10.4. The number of rotatable bonds is 7. The summed E-state index contributed by atoms with van der Waals surface area (Å²) in [5, 5.41) is 72.2. The highest BCUT2D eigenvalue weighted by atomic mass is 16.6. The van der Waals surface area contributed by atoms with Crippen LogP contribution >= 0.6 is 0 Å². The molecule has 1 saturated carbocycles. The number of hydrogen-bond acceptors (Lipinski definition) is 9. The minimum atomic E-state index is -1.25. The number of aromatic hydroxyl groups is 6. The first-order valence-corrected chi connectivity index (χ1v) is 12.4.